The van der Waals surface area contributed by atoms with Gasteiger partial charge < -0.3 is 4.74 Å². The number of rotatable bonds is 1. The Morgan fingerprint density at radius 3 is 2.69 bits per heavy atom. The van der Waals surface area contributed by atoms with E-state index >= 15 is 0 Å². The van der Waals surface area contributed by atoms with Gasteiger partial charge in [-0.05, 0) is 34.5 Å². The fourth-order valence-electron chi connectivity index (χ4n) is 0.914. The molecule has 0 radical (unpaired) electrons. The third-order valence-corrected chi connectivity index (χ3v) is 3.32. The Morgan fingerprint density at radius 2 is 2.15 bits per heavy atom. The van der Waals surface area contributed by atoms with Crippen molar-refractivity contribution in [3.63, 3.8) is 0 Å². The molecule has 2 nitrogen and oxygen atoms in total. The quantitative estimate of drug-likeness (QED) is 0.727. The van der Waals surface area contributed by atoms with E-state index in [-0.39, 0.29) is 0 Å². The Morgan fingerprint density at radius 1 is 1.54 bits per heavy atom. The van der Waals surface area contributed by atoms with Gasteiger partial charge in [0.1, 0.15) is 0 Å². The van der Waals surface area contributed by atoms with E-state index in [4.69, 9.17) is 11.6 Å². The van der Waals surface area contributed by atoms with Gasteiger partial charge in [-0.2, -0.15) is 0 Å². The van der Waals surface area contributed by atoms with Gasteiger partial charge in [0.2, 0.25) is 0 Å². The van der Waals surface area contributed by atoms with E-state index in [1.54, 1.807) is 6.07 Å². The SMILES string of the molecule is COC(=O)c1ccc(C)c(Br)c1Cl. The monoisotopic (exact) mass is 262 g/mol. The topological polar surface area (TPSA) is 26.3 Å². The van der Waals surface area contributed by atoms with Gasteiger partial charge in [-0.1, -0.05) is 17.7 Å². The minimum absolute atomic E-state index is 0.377. The predicted octanol–water partition coefficient (Wildman–Crippen LogP) is 3.20. The van der Waals surface area contributed by atoms with Crippen molar-refractivity contribution in [2.75, 3.05) is 7.11 Å². The highest BCUT2D eigenvalue weighted by Crippen LogP contribution is 2.29. The van der Waals surface area contributed by atoms with Crippen LogP contribution in [0.1, 0.15) is 15.9 Å². The van der Waals surface area contributed by atoms with Crippen LogP contribution in [-0.4, -0.2) is 13.1 Å². The maximum Gasteiger partial charge on any atom is 0.339 e. The van der Waals surface area contributed by atoms with Crippen LogP contribution in [0, 0.1) is 6.92 Å². The lowest BCUT2D eigenvalue weighted by atomic mass is 10.1. The molecule has 0 heterocycles. The number of carbonyl (C=O) groups excluding carboxylic acids is 1. The zero-order valence-corrected chi connectivity index (χ0v) is 9.57. The van der Waals surface area contributed by atoms with Crippen molar-refractivity contribution in [3.8, 4) is 0 Å². The van der Waals surface area contributed by atoms with Gasteiger partial charge in [0, 0.05) is 4.47 Å². The molecular weight excluding hydrogens is 255 g/mol. The van der Waals surface area contributed by atoms with E-state index in [9.17, 15) is 4.79 Å². The van der Waals surface area contributed by atoms with Gasteiger partial charge in [0.05, 0.1) is 17.7 Å². The Hall–Kier alpha value is -0.540. The summed E-state index contributed by atoms with van der Waals surface area (Å²) in [6.45, 7) is 1.90. The molecule has 0 bridgehead atoms. The summed E-state index contributed by atoms with van der Waals surface area (Å²) in [7, 11) is 1.33. The van der Waals surface area contributed by atoms with Crippen LogP contribution >= 0.6 is 27.5 Å². The molecular formula is C9H8BrClO2. The standard InChI is InChI=1S/C9H8BrClO2/c1-5-3-4-6(9(12)13-2)8(11)7(5)10/h3-4H,1-2H3. The first-order valence-corrected chi connectivity index (χ1v) is 4.78. The molecule has 0 N–H and O–H groups in total. The van der Waals surface area contributed by atoms with Crippen LogP contribution in [0.3, 0.4) is 0 Å². The number of aryl methyl sites for hydroxylation is 1. The Labute approximate surface area is 90.0 Å². The maximum absolute atomic E-state index is 11.2. The number of ether oxygens (including phenoxy) is 1. The highest BCUT2D eigenvalue weighted by molar-refractivity contribution is 9.10. The molecule has 70 valence electrons. The Kier molecular flexibility index (Phi) is 3.33. The maximum atomic E-state index is 11.2. The van der Waals surface area contributed by atoms with Crippen molar-refractivity contribution in [2.24, 2.45) is 0 Å². The fraction of sp³-hybridized carbons (Fsp3) is 0.222. The van der Waals surface area contributed by atoms with Crippen LogP contribution in [0.15, 0.2) is 16.6 Å². The lowest BCUT2D eigenvalue weighted by molar-refractivity contribution is 0.0601. The number of benzene rings is 1. The number of carbonyl (C=O) groups is 1. The lowest BCUT2D eigenvalue weighted by Crippen LogP contribution is -2.02. The van der Waals surface area contributed by atoms with Crippen molar-refractivity contribution in [3.05, 3.63) is 32.8 Å². The number of methoxy groups -OCH3 is 1. The van der Waals surface area contributed by atoms with Crippen molar-refractivity contribution in [1.82, 2.24) is 0 Å². The molecule has 1 rings (SSSR count). The summed E-state index contributed by atoms with van der Waals surface area (Å²) >= 11 is 9.21. The summed E-state index contributed by atoms with van der Waals surface area (Å²) in [4.78, 5) is 11.2. The summed E-state index contributed by atoms with van der Waals surface area (Å²) in [5.74, 6) is -0.425. The molecule has 0 aromatic heterocycles. The van der Waals surface area contributed by atoms with Gasteiger partial charge in [0.15, 0.2) is 0 Å². The summed E-state index contributed by atoms with van der Waals surface area (Å²) in [6, 6.07) is 3.45. The Balaban J connectivity index is 3.26. The van der Waals surface area contributed by atoms with Gasteiger partial charge in [-0.25, -0.2) is 4.79 Å². The molecule has 4 heteroatoms. The molecule has 0 aliphatic carbocycles. The molecule has 1 aromatic carbocycles. The second kappa shape index (κ2) is 4.11. The highest BCUT2D eigenvalue weighted by Gasteiger charge is 2.13. The van der Waals surface area contributed by atoms with E-state index < -0.39 is 5.97 Å². The van der Waals surface area contributed by atoms with E-state index in [1.807, 2.05) is 13.0 Å². The second-order valence-corrected chi connectivity index (χ2v) is 3.72. The van der Waals surface area contributed by atoms with Gasteiger partial charge >= 0.3 is 5.97 Å². The molecule has 0 aliphatic heterocycles. The van der Waals surface area contributed by atoms with Crippen LogP contribution in [-0.2, 0) is 4.74 Å². The summed E-state index contributed by atoms with van der Waals surface area (Å²) < 4.78 is 5.30. The molecule has 0 atom stereocenters. The third-order valence-electron chi connectivity index (χ3n) is 1.68. The average molecular weight is 264 g/mol. The molecule has 0 saturated carbocycles. The Bertz CT molecular complexity index is 350. The van der Waals surface area contributed by atoms with E-state index in [2.05, 4.69) is 20.7 Å². The van der Waals surface area contributed by atoms with E-state index in [1.165, 1.54) is 7.11 Å². The molecule has 13 heavy (non-hydrogen) atoms. The van der Waals surface area contributed by atoms with Crippen LogP contribution in [0.2, 0.25) is 5.02 Å². The zero-order valence-electron chi connectivity index (χ0n) is 7.23. The molecule has 0 spiro atoms. The molecule has 0 fully saturated rings. The first-order valence-electron chi connectivity index (χ1n) is 3.61. The second-order valence-electron chi connectivity index (χ2n) is 2.55. The van der Waals surface area contributed by atoms with Crippen LogP contribution in [0.25, 0.3) is 0 Å². The molecule has 0 saturated heterocycles. The van der Waals surface area contributed by atoms with Crippen LogP contribution in [0.5, 0.6) is 0 Å². The van der Waals surface area contributed by atoms with Crippen LogP contribution < -0.4 is 0 Å². The third kappa shape index (κ3) is 2.03. The lowest BCUT2D eigenvalue weighted by Gasteiger charge is -2.05. The minimum atomic E-state index is -0.425. The van der Waals surface area contributed by atoms with Crippen molar-refractivity contribution >= 4 is 33.5 Å². The van der Waals surface area contributed by atoms with Crippen molar-refractivity contribution in [2.45, 2.75) is 6.92 Å². The number of esters is 1. The first kappa shape index (κ1) is 10.5. The van der Waals surface area contributed by atoms with Gasteiger partial charge in [-0.3, -0.25) is 0 Å². The molecule has 1 aromatic rings. The average Bonchev–Trinajstić information content (AvgIpc) is 2.13. The van der Waals surface area contributed by atoms with Crippen molar-refractivity contribution in [1.29, 1.82) is 0 Å². The molecule has 0 amide bonds. The van der Waals surface area contributed by atoms with E-state index in [0.29, 0.717) is 10.6 Å². The zero-order chi connectivity index (χ0) is 10.0. The smallest absolute Gasteiger partial charge is 0.339 e. The summed E-state index contributed by atoms with van der Waals surface area (Å²) in [5.41, 5.74) is 1.36. The normalized spacial score (nSPS) is 9.85. The molecule has 0 unspecified atom stereocenters. The number of hydrogen-bond donors (Lipinski definition) is 0. The summed E-state index contributed by atoms with van der Waals surface area (Å²) in [5, 5.41) is 0.395. The molecule has 0 aliphatic rings. The predicted molar refractivity (Wildman–Crippen MR) is 55.2 cm³/mol. The minimum Gasteiger partial charge on any atom is -0.465 e. The number of hydrogen-bond acceptors (Lipinski definition) is 2. The first-order chi connectivity index (χ1) is 6.07. The highest BCUT2D eigenvalue weighted by atomic mass is 79.9. The fourth-order valence-corrected chi connectivity index (χ4v) is 1.55. The van der Waals surface area contributed by atoms with Crippen molar-refractivity contribution < 1.29 is 9.53 Å². The van der Waals surface area contributed by atoms with Gasteiger partial charge in [-0.15, -0.1) is 0 Å². The van der Waals surface area contributed by atoms with Gasteiger partial charge in [0.25, 0.3) is 0 Å². The van der Waals surface area contributed by atoms with E-state index in [0.717, 1.165) is 10.0 Å². The summed E-state index contributed by atoms with van der Waals surface area (Å²) in [6.07, 6.45) is 0. The number of halogens is 2. The van der Waals surface area contributed by atoms with Crippen LogP contribution in [0.4, 0.5) is 0 Å². The largest absolute Gasteiger partial charge is 0.465 e.